The van der Waals surface area contributed by atoms with Crippen molar-refractivity contribution in [3.8, 4) is 5.75 Å². The summed E-state index contributed by atoms with van der Waals surface area (Å²) in [6, 6.07) is 20.0. The van der Waals surface area contributed by atoms with Gasteiger partial charge in [-0.2, -0.15) is 0 Å². The van der Waals surface area contributed by atoms with Crippen molar-refractivity contribution in [3.05, 3.63) is 99.5 Å². The zero-order valence-electron chi connectivity index (χ0n) is 16.4. The molecule has 156 valence electrons. The van der Waals surface area contributed by atoms with E-state index >= 15 is 0 Å². The summed E-state index contributed by atoms with van der Waals surface area (Å²) < 4.78 is 5.15. The van der Waals surface area contributed by atoms with Crippen LogP contribution >= 0.6 is 23.2 Å². The lowest BCUT2D eigenvalue weighted by atomic mass is 9.95. The first-order chi connectivity index (χ1) is 14.9. The second-order valence-corrected chi connectivity index (χ2v) is 7.70. The Morgan fingerprint density at radius 2 is 1.48 bits per heavy atom. The second-order valence-electron chi connectivity index (χ2n) is 6.89. The summed E-state index contributed by atoms with van der Waals surface area (Å²) in [5, 5.41) is 11.5. The van der Waals surface area contributed by atoms with E-state index in [1.807, 2.05) is 24.3 Å². The number of nitrogens with zero attached hydrogens (tertiary/aromatic N) is 1. The van der Waals surface area contributed by atoms with Gasteiger partial charge in [-0.25, -0.2) is 0 Å². The van der Waals surface area contributed by atoms with Gasteiger partial charge in [0.1, 0.15) is 5.76 Å². The summed E-state index contributed by atoms with van der Waals surface area (Å²) in [4.78, 5) is 27.5. The number of carbonyl (C=O) groups excluding carboxylic acids is 2. The number of benzene rings is 3. The first-order valence-electron chi connectivity index (χ1n) is 9.38. The van der Waals surface area contributed by atoms with E-state index in [2.05, 4.69) is 0 Å². The minimum Gasteiger partial charge on any atom is -0.507 e. The van der Waals surface area contributed by atoms with Gasteiger partial charge < -0.3 is 9.84 Å². The number of ketones is 1. The third-order valence-electron chi connectivity index (χ3n) is 5.07. The van der Waals surface area contributed by atoms with E-state index < -0.39 is 17.7 Å². The van der Waals surface area contributed by atoms with Crippen LogP contribution < -0.4 is 9.64 Å². The zero-order valence-corrected chi connectivity index (χ0v) is 17.9. The lowest BCUT2D eigenvalue weighted by molar-refractivity contribution is -0.132. The van der Waals surface area contributed by atoms with E-state index in [0.29, 0.717) is 11.3 Å². The smallest absolute Gasteiger partial charge is 0.300 e. The van der Waals surface area contributed by atoms with Crippen LogP contribution in [0.5, 0.6) is 5.75 Å². The molecule has 1 aliphatic heterocycles. The fourth-order valence-corrected chi connectivity index (χ4v) is 4.33. The molecule has 31 heavy (non-hydrogen) atoms. The molecule has 1 atom stereocenters. The van der Waals surface area contributed by atoms with Crippen LogP contribution in [-0.2, 0) is 9.59 Å². The Bertz CT molecular complexity index is 1170. The van der Waals surface area contributed by atoms with Crippen LogP contribution in [0.4, 0.5) is 5.69 Å². The Morgan fingerprint density at radius 3 is 2.03 bits per heavy atom. The quantitative estimate of drug-likeness (QED) is 0.315. The second kappa shape index (κ2) is 8.46. The van der Waals surface area contributed by atoms with Crippen molar-refractivity contribution in [2.24, 2.45) is 0 Å². The van der Waals surface area contributed by atoms with Gasteiger partial charge in [0.2, 0.25) is 0 Å². The Balaban J connectivity index is 1.95. The Kier molecular flexibility index (Phi) is 5.72. The van der Waals surface area contributed by atoms with E-state index in [4.69, 9.17) is 27.9 Å². The highest BCUT2D eigenvalue weighted by Gasteiger charge is 2.46. The van der Waals surface area contributed by atoms with E-state index in [1.165, 1.54) is 24.1 Å². The fraction of sp³-hybridized carbons (Fsp3) is 0.0833. The SMILES string of the molecule is COc1c(Cl)cc(/C(O)=C2\C(=O)C(=O)N(c3ccccc3)C2c2ccccc2)cc1Cl. The summed E-state index contributed by atoms with van der Waals surface area (Å²) in [6.07, 6.45) is 0. The van der Waals surface area contributed by atoms with E-state index in [-0.39, 0.29) is 32.7 Å². The molecule has 1 amide bonds. The number of anilines is 1. The molecule has 1 saturated heterocycles. The predicted molar refractivity (Wildman–Crippen MR) is 121 cm³/mol. The molecule has 1 N–H and O–H groups in total. The first kappa shape index (κ1) is 21.0. The van der Waals surface area contributed by atoms with Crippen LogP contribution in [-0.4, -0.2) is 23.9 Å². The molecule has 4 rings (SSSR count). The Labute approximate surface area is 189 Å². The summed E-state index contributed by atoms with van der Waals surface area (Å²) in [5.41, 5.74) is 1.39. The van der Waals surface area contributed by atoms with Crippen LogP contribution in [0.3, 0.4) is 0 Å². The number of ether oxygens (including phenoxy) is 1. The molecule has 1 fully saturated rings. The minimum absolute atomic E-state index is 0.0441. The fourth-order valence-electron chi connectivity index (χ4n) is 3.69. The number of aliphatic hydroxyl groups is 1. The molecule has 0 radical (unpaired) electrons. The van der Waals surface area contributed by atoms with Gasteiger partial charge in [0.15, 0.2) is 5.75 Å². The van der Waals surface area contributed by atoms with Crippen LogP contribution in [0.1, 0.15) is 17.2 Å². The molecule has 5 nitrogen and oxygen atoms in total. The van der Waals surface area contributed by atoms with Crippen molar-refractivity contribution >= 4 is 46.3 Å². The van der Waals surface area contributed by atoms with Crippen molar-refractivity contribution in [3.63, 3.8) is 0 Å². The highest BCUT2D eigenvalue weighted by molar-refractivity contribution is 6.51. The molecule has 0 saturated carbocycles. The number of amides is 1. The normalized spacial score (nSPS) is 17.8. The number of Topliss-reactive ketones (excluding diaryl/α,β-unsaturated/α-hetero) is 1. The van der Waals surface area contributed by atoms with Crippen molar-refractivity contribution < 1.29 is 19.4 Å². The topological polar surface area (TPSA) is 66.8 Å². The average molecular weight is 454 g/mol. The van der Waals surface area contributed by atoms with Gasteiger partial charge in [-0.3, -0.25) is 14.5 Å². The van der Waals surface area contributed by atoms with Gasteiger partial charge in [-0.15, -0.1) is 0 Å². The van der Waals surface area contributed by atoms with Gasteiger partial charge in [0.25, 0.3) is 11.7 Å². The number of aliphatic hydroxyl groups excluding tert-OH is 1. The maximum absolute atomic E-state index is 13.1. The van der Waals surface area contributed by atoms with Gasteiger partial charge in [0.05, 0.1) is 28.8 Å². The molecule has 1 aliphatic rings. The number of rotatable bonds is 4. The van der Waals surface area contributed by atoms with E-state index in [1.54, 1.807) is 36.4 Å². The van der Waals surface area contributed by atoms with Crippen molar-refractivity contribution in [2.45, 2.75) is 6.04 Å². The maximum atomic E-state index is 13.1. The number of para-hydroxylation sites is 1. The Hall–Kier alpha value is -3.28. The van der Waals surface area contributed by atoms with Crippen LogP contribution in [0, 0.1) is 0 Å². The molecule has 1 unspecified atom stereocenters. The molecule has 0 aliphatic carbocycles. The zero-order chi connectivity index (χ0) is 22.1. The summed E-state index contributed by atoms with van der Waals surface area (Å²) in [7, 11) is 1.42. The van der Waals surface area contributed by atoms with Crippen molar-refractivity contribution in [1.82, 2.24) is 0 Å². The monoisotopic (exact) mass is 453 g/mol. The minimum atomic E-state index is -0.816. The molecule has 3 aromatic carbocycles. The molecule has 3 aromatic rings. The van der Waals surface area contributed by atoms with E-state index in [0.717, 1.165) is 0 Å². The van der Waals surface area contributed by atoms with Crippen LogP contribution in [0.15, 0.2) is 78.4 Å². The molecule has 0 aromatic heterocycles. The molecular formula is C24H17Cl2NO4. The number of hydrogen-bond donors (Lipinski definition) is 1. The lowest BCUT2D eigenvalue weighted by Gasteiger charge is -2.25. The highest BCUT2D eigenvalue weighted by Crippen LogP contribution is 2.43. The number of carbonyl (C=O) groups is 2. The number of methoxy groups -OCH3 is 1. The van der Waals surface area contributed by atoms with E-state index in [9.17, 15) is 14.7 Å². The lowest BCUT2D eigenvalue weighted by Crippen LogP contribution is -2.29. The summed E-state index contributed by atoms with van der Waals surface area (Å²) in [6.45, 7) is 0. The van der Waals surface area contributed by atoms with Crippen molar-refractivity contribution in [1.29, 1.82) is 0 Å². The molecular weight excluding hydrogens is 437 g/mol. The van der Waals surface area contributed by atoms with Gasteiger partial charge in [-0.05, 0) is 29.8 Å². The largest absolute Gasteiger partial charge is 0.507 e. The van der Waals surface area contributed by atoms with Gasteiger partial charge in [-0.1, -0.05) is 71.7 Å². The first-order valence-corrected chi connectivity index (χ1v) is 10.1. The van der Waals surface area contributed by atoms with Gasteiger partial charge >= 0.3 is 0 Å². The summed E-state index contributed by atoms with van der Waals surface area (Å²) >= 11 is 12.4. The molecule has 1 heterocycles. The van der Waals surface area contributed by atoms with Crippen molar-refractivity contribution in [2.75, 3.05) is 12.0 Å². The summed E-state index contributed by atoms with van der Waals surface area (Å²) in [5.74, 6) is -1.63. The number of hydrogen-bond acceptors (Lipinski definition) is 4. The Morgan fingerprint density at radius 1 is 0.935 bits per heavy atom. The van der Waals surface area contributed by atoms with Gasteiger partial charge in [0, 0.05) is 11.3 Å². The molecule has 7 heteroatoms. The van der Waals surface area contributed by atoms with Crippen LogP contribution in [0.2, 0.25) is 10.0 Å². The third-order valence-corrected chi connectivity index (χ3v) is 5.63. The molecule has 0 spiro atoms. The number of halogens is 2. The highest BCUT2D eigenvalue weighted by atomic mass is 35.5. The predicted octanol–water partition coefficient (Wildman–Crippen LogP) is 5.63. The maximum Gasteiger partial charge on any atom is 0.300 e. The van der Waals surface area contributed by atoms with Crippen LogP contribution in [0.25, 0.3) is 5.76 Å². The third kappa shape index (κ3) is 3.67. The average Bonchev–Trinajstić information content (AvgIpc) is 3.05. The standard InChI is InChI=1S/C24H17Cl2NO4/c1-31-23-17(25)12-15(13-18(23)26)21(28)19-20(14-8-4-2-5-9-14)27(24(30)22(19)29)16-10-6-3-7-11-16/h2-13,20,28H,1H3/b21-19+. The molecule has 0 bridgehead atoms.